The van der Waals surface area contributed by atoms with Crippen LogP contribution >= 0.6 is 0 Å². The Bertz CT molecular complexity index is 359. The number of amidine groups is 1. The summed E-state index contributed by atoms with van der Waals surface area (Å²) in [5, 5.41) is 18.8. The number of aliphatic hydroxyl groups is 2. The van der Waals surface area contributed by atoms with Gasteiger partial charge in [0.05, 0.1) is 6.61 Å². The lowest BCUT2D eigenvalue weighted by Crippen LogP contribution is -2.36. The van der Waals surface area contributed by atoms with Gasteiger partial charge in [0.15, 0.2) is 12.3 Å². The molecule has 88 valence electrons. The molecule has 5 atom stereocenters. The fourth-order valence-corrected chi connectivity index (χ4v) is 2.11. The van der Waals surface area contributed by atoms with Gasteiger partial charge in [0.2, 0.25) is 0 Å². The first-order chi connectivity index (χ1) is 7.70. The maximum absolute atomic E-state index is 9.83. The highest BCUT2D eigenvalue weighted by atomic mass is 16.6. The molecule has 0 unspecified atom stereocenters. The third kappa shape index (κ3) is 1.26. The average molecular weight is 227 g/mol. The van der Waals surface area contributed by atoms with Crippen molar-refractivity contribution in [1.82, 2.24) is 4.90 Å². The molecule has 7 nitrogen and oxygen atoms in total. The molecule has 0 amide bonds. The molecule has 0 aromatic heterocycles. The van der Waals surface area contributed by atoms with Gasteiger partial charge in [-0.1, -0.05) is 0 Å². The molecule has 0 aromatic rings. The zero-order valence-corrected chi connectivity index (χ0v) is 8.43. The quantitative estimate of drug-likeness (QED) is 0.476. The van der Waals surface area contributed by atoms with Crippen molar-refractivity contribution in [2.75, 3.05) is 6.61 Å². The molecule has 0 bridgehead atoms. The summed E-state index contributed by atoms with van der Waals surface area (Å²) < 4.78 is 10.9. The molecular weight excluding hydrogens is 214 g/mol. The molecule has 0 aliphatic carbocycles. The van der Waals surface area contributed by atoms with Gasteiger partial charge in [0.1, 0.15) is 18.4 Å². The molecule has 0 spiro atoms. The molecule has 3 aliphatic rings. The fraction of sp³-hybridized carbons (Fsp3) is 0.667. The Kier molecular flexibility index (Phi) is 2.15. The van der Waals surface area contributed by atoms with Crippen molar-refractivity contribution in [2.24, 2.45) is 10.7 Å². The number of fused-ring (bicyclic) bond motifs is 3. The molecule has 3 heterocycles. The van der Waals surface area contributed by atoms with Gasteiger partial charge in [-0.2, -0.15) is 0 Å². The molecule has 3 rings (SSSR count). The number of aliphatic hydroxyl groups excluding tert-OH is 2. The van der Waals surface area contributed by atoms with Crippen molar-refractivity contribution in [1.29, 1.82) is 0 Å². The van der Waals surface area contributed by atoms with E-state index in [4.69, 9.17) is 20.3 Å². The largest absolute Gasteiger partial charge is 0.454 e. The summed E-state index contributed by atoms with van der Waals surface area (Å²) in [6, 6.07) is 0.362. The molecule has 16 heavy (non-hydrogen) atoms. The molecule has 3 aliphatic heterocycles. The Hall–Kier alpha value is -1.15. The summed E-state index contributed by atoms with van der Waals surface area (Å²) in [5.74, 6) is 0. The molecule has 0 aromatic carbocycles. The van der Waals surface area contributed by atoms with Gasteiger partial charge in [0.25, 0.3) is 6.02 Å². The molecular formula is C9H13N3O4. The van der Waals surface area contributed by atoms with E-state index in [9.17, 15) is 5.11 Å². The highest BCUT2D eigenvalue weighted by Gasteiger charge is 2.54. The van der Waals surface area contributed by atoms with Gasteiger partial charge in [-0.15, -0.1) is 0 Å². The van der Waals surface area contributed by atoms with Crippen LogP contribution in [0, 0.1) is 0 Å². The second-order valence-electron chi connectivity index (χ2n) is 3.97. The summed E-state index contributed by atoms with van der Waals surface area (Å²) in [7, 11) is 0. The van der Waals surface area contributed by atoms with Crippen molar-refractivity contribution in [2.45, 2.75) is 30.7 Å². The SMILES string of the molecule is N[C@H]1C=CN2C(=N1)O[C@H]1[C@H](O)[C@@H](CO)O[C@H]12. The first-order valence-electron chi connectivity index (χ1n) is 5.12. The number of nitrogens with zero attached hydrogens (tertiary/aromatic N) is 2. The summed E-state index contributed by atoms with van der Waals surface area (Å²) in [6.45, 7) is -0.235. The lowest BCUT2D eigenvalue weighted by atomic mass is 10.1. The minimum atomic E-state index is -0.854. The van der Waals surface area contributed by atoms with Crippen LogP contribution in [0.5, 0.6) is 0 Å². The van der Waals surface area contributed by atoms with E-state index in [1.165, 1.54) is 0 Å². The van der Waals surface area contributed by atoms with Gasteiger partial charge in [0, 0.05) is 6.20 Å². The smallest absolute Gasteiger partial charge is 0.296 e. The van der Waals surface area contributed by atoms with Crippen LogP contribution < -0.4 is 5.73 Å². The van der Waals surface area contributed by atoms with E-state index < -0.39 is 30.7 Å². The molecule has 0 saturated carbocycles. The standard InChI is InChI=1S/C9H13N3O4/c10-5-1-2-12-8-7(16-9(12)11-5)6(14)4(3-13)15-8/h1-2,4-8,13-14H,3,10H2/t4-,5-,6-,7+,8-/m1/s1. The first-order valence-corrected chi connectivity index (χ1v) is 5.12. The van der Waals surface area contributed by atoms with Crippen LogP contribution in [-0.4, -0.2) is 58.4 Å². The predicted octanol–water partition coefficient (Wildman–Crippen LogP) is -2.07. The van der Waals surface area contributed by atoms with Gasteiger partial charge < -0.3 is 25.4 Å². The highest BCUT2D eigenvalue weighted by molar-refractivity contribution is 5.78. The molecule has 2 saturated heterocycles. The van der Waals surface area contributed by atoms with Crippen LogP contribution in [0.15, 0.2) is 17.3 Å². The molecule has 2 fully saturated rings. The Morgan fingerprint density at radius 3 is 3.12 bits per heavy atom. The van der Waals surface area contributed by atoms with Gasteiger partial charge in [-0.25, -0.2) is 4.99 Å². The van der Waals surface area contributed by atoms with Crippen molar-refractivity contribution in [3.63, 3.8) is 0 Å². The number of aliphatic imine (C=N–C) groups is 1. The van der Waals surface area contributed by atoms with E-state index in [1.807, 2.05) is 0 Å². The molecule has 0 radical (unpaired) electrons. The number of nitrogens with two attached hydrogens (primary N) is 1. The average Bonchev–Trinajstić information content (AvgIpc) is 2.75. The van der Waals surface area contributed by atoms with E-state index >= 15 is 0 Å². The Balaban J connectivity index is 1.85. The minimum Gasteiger partial charge on any atom is -0.454 e. The second kappa shape index (κ2) is 3.42. The van der Waals surface area contributed by atoms with Crippen molar-refractivity contribution in [3.8, 4) is 0 Å². The number of rotatable bonds is 1. The third-order valence-corrected chi connectivity index (χ3v) is 2.93. The maximum atomic E-state index is 9.83. The number of hydrogen-bond donors (Lipinski definition) is 3. The van der Waals surface area contributed by atoms with Crippen molar-refractivity contribution >= 4 is 6.02 Å². The van der Waals surface area contributed by atoms with Crippen LogP contribution in [0.3, 0.4) is 0 Å². The van der Waals surface area contributed by atoms with Gasteiger partial charge >= 0.3 is 0 Å². The summed E-state index contributed by atoms with van der Waals surface area (Å²) in [4.78, 5) is 5.74. The van der Waals surface area contributed by atoms with E-state index in [0.717, 1.165) is 0 Å². The lowest BCUT2D eigenvalue weighted by Gasteiger charge is -2.22. The zero-order chi connectivity index (χ0) is 11.3. The lowest BCUT2D eigenvalue weighted by molar-refractivity contribution is -0.0476. The van der Waals surface area contributed by atoms with E-state index in [2.05, 4.69) is 4.99 Å². The second-order valence-corrected chi connectivity index (χ2v) is 3.97. The first kappa shape index (κ1) is 10.0. The topological polar surface area (TPSA) is 101 Å². The van der Waals surface area contributed by atoms with Gasteiger partial charge in [-0.3, -0.25) is 4.90 Å². The van der Waals surface area contributed by atoms with E-state index in [0.29, 0.717) is 6.02 Å². The normalized spacial score (nSPS) is 45.1. The van der Waals surface area contributed by atoms with Crippen LogP contribution in [-0.2, 0) is 9.47 Å². The Labute approximate surface area is 91.8 Å². The fourth-order valence-electron chi connectivity index (χ4n) is 2.11. The maximum Gasteiger partial charge on any atom is 0.296 e. The van der Waals surface area contributed by atoms with Crippen LogP contribution in [0.25, 0.3) is 0 Å². The monoisotopic (exact) mass is 227 g/mol. The predicted molar refractivity (Wildman–Crippen MR) is 53.0 cm³/mol. The van der Waals surface area contributed by atoms with Crippen LogP contribution in [0.2, 0.25) is 0 Å². The minimum absolute atomic E-state index is 0.235. The summed E-state index contributed by atoms with van der Waals surface area (Å²) >= 11 is 0. The number of ether oxygens (including phenoxy) is 2. The summed E-state index contributed by atoms with van der Waals surface area (Å²) in [5.41, 5.74) is 5.60. The highest BCUT2D eigenvalue weighted by Crippen LogP contribution is 2.33. The van der Waals surface area contributed by atoms with E-state index in [-0.39, 0.29) is 6.61 Å². The molecule has 4 N–H and O–H groups in total. The van der Waals surface area contributed by atoms with Crippen molar-refractivity contribution in [3.05, 3.63) is 12.3 Å². The Morgan fingerprint density at radius 1 is 1.56 bits per heavy atom. The molecule has 7 heteroatoms. The van der Waals surface area contributed by atoms with Crippen LogP contribution in [0.1, 0.15) is 0 Å². The third-order valence-electron chi connectivity index (χ3n) is 2.93. The zero-order valence-electron chi connectivity index (χ0n) is 8.43. The number of hydrogen-bond acceptors (Lipinski definition) is 7. The Morgan fingerprint density at radius 2 is 2.38 bits per heavy atom. The van der Waals surface area contributed by atoms with Crippen molar-refractivity contribution < 1.29 is 19.7 Å². The summed E-state index contributed by atoms with van der Waals surface area (Å²) in [6.07, 6.45) is 0.589. The van der Waals surface area contributed by atoms with Gasteiger partial charge in [-0.05, 0) is 6.08 Å². The van der Waals surface area contributed by atoms with Crippen LogP contribution in [0.4, 0.5) is 0 Å². The van der Waals surface area contributed by atoms with E-state index in [1.54, 1.807) is 17.2 Å².